The second-order valence-electron chi connectivity index (χ2n) is 15.8. The molecule has 4 N–H and O–H groups in total. The van der Waals surface area contributed by atoms with Gasteiger partial charge >= 0.3 is 0 Å². The number of hydrogen-bond donors (Lipinski definition) is 4. The molecule has 0 radical (unpaired) electrons. The Bertz CT molecular complexity index is 2430. The van der Waals surface area contributed by atoms with Gasteiger partial charge in [-0.1, -0.05) is 6.07 Å². The number of imidazole rings is 1. The van der Waals surface area contributed by atoms with E-state index in [0.29, 0.717) is 30.1 Å². The van der Waals surface area contributed by atoms with E-state index in [2.05, 4.69) is 41.2 Å². The molecule has 3 aliphatic heterocycles. The Hall–Kier alpha value is -6.87. The van der Waals surface area contributed by atoms with Crippen molar-refractivity contribution in [3.8, 4) is 5.75 Å². The maximum atomic E-state index is 13.0. The fraction of sp³-hybridized carbons (Fsp3) is 0.452. The van der Waals surface area contributed by atoms with E-state index in [4.69, 9.17) is 14.2 Å². The number of aromatic nitrogens is 5. The molecule has 0 spiro atoms. The zero-order valence-corrected chi connectivity index (χ0v) is 34.5. The van der Waals surface area contributed by atoms with Crippen LogP contribution in [-0.4, -0.2) is 146 Å². The number of pyridine rings is 1. The number of hydrogen-bond acceptors (Lipinski definition) is 15. The summed E-state index contributed by atoms with van der Waals surface area (Å²) < 4.78 is 18.6. The van der Waals surface area contributed by atoms with Gasteiger partial charge in [-0.15, -0.1) is 0 Å². The number of ether oxygens (including phenoxy) is 3. The second kappa shape index (κ2) is 19.0. The van der Waals surface area contributed by atoms with Crippen molar-refractivity contribution in [1.82, 2.24) is 50.3 Å². The molecule has 0 unspecified atom stereocenters. The molecule has 8 rings (SSSR count). The maximum Gasteiger partial charge on any atom is 0.270 e. The SMILES string of the molecule is Cc1cccc(C(=O)NC2CC(n3cnc4c(NC5CCN(C(=O)COCCOCCNC(=O)COc6ccc7c(c6)C(=O)N([C@H]6CCC(=O)NC6=O)C7=O)CC5)ncnc43)C2)n1. The minimum Gasteiger partial charge on any atom is -0.484 e. The highest BCUT2D eigenvalue weighted by atomic mass is 16.5. The van der Waals surface area contributed by atoms with E-state index in [1.807, 2.05) is 23.6 Å². The highest BCUT2D eigenvalue weighted by Gasteiger charge is 2.45. The van der Waals surface area contributed by atoms with Gasteiger partial charge in [0.2, 0.25) is 17.7 Å². The van der Waals surface area contributed by atoms with Crippen molar-refractivity contribution < 1.29 is 47.8 Å². The van der Waals surface area contributed by atoms with Crippen LogP contribution in [0.1, 0.15) is 81.5 Å². The van der Waals surface area contributed by atoms with Gasteiger partial charge in [0.1, 0.15) is 35.9 Å². The zero-order valence-electron chi connectivity index (χ0n) is 34.5. The number of carbonyl (C=O) groups is 7. The van der Waals surface area contributed by atoms with Crippen molar-refractivity contribution in [1.29, 1.82) is 0 Å². The van der Waals surface area contributed by atoms with Crippen molar-refractivity contribution in [2.24, 2.45) is 0 Å². The minimum absolute atomic E-state index is 0.0161. The van der Waals surface area contributed by atoms with Crippen molar-refractivity contribution in [2.75, 3.05) is 58.0 Å². The first-order valence-electron chi connectivity index (χ1n) is 20.9. The van der Waals surface area contributed by atoms with Gasteiger partial charge < -0.3 is 39.6 Å². The number of imide groups is 2. The number of aryl methyl sites for hydroxylation is 1. The quantitative estimate of drug-likeness (QED) is 0.0842. The van der Waals surface area contributed by atoms with E-state index in [1.165, 1.54) is 24.5 Å². The number of nitrogens with zero attached hydrogens (tertiary/aromatic N) is 7. The molecular formula is C42H47N11O10. The van der Waals surface area contributed by atoms with E-state index in [-0.39, 0.29) is 99.2 Å². The molecule has 21 heteroatoms. The molecule has 21 nitrogen and oxygen atoms in total. The number of piperidine rings is 2. The normalized spacial score (nSPS) is 20.0. The number of rotatable bonds is 17. The molecule has 3 fully saturated rings. The van der Waals surface area contributed by atoms with Crippen LogP contribution >= 0.6 is 0 Å². The van der Waals surface area contributed by atoms with E-state index in [1.54, 1.807) is 17.3 Å². The Labute approximate surface area is 360 Å². The number of amides is 7. The zero-order chi connectivity index (χ0) is 44.0. The second-order valence-corrected chi connectivity index (χ2v) is 15.8. The Kier molecular flexibility index (Phi) is 12.9. The molecule has 0 bridgehead atoms. The average molecular weight is 866 g/mol. The van der Waals surface area contributed by atoms with Crippen molar-refractivity contribution in [2.45, 2.75) is 69.6 Å². The topological polar surface area (TPSA) is 258 Å². The molecule has 1 aliphatic carbocycles. The first-order chi connectivity index (χ1) is 30.5. The third-order valence-corrected chi connectivity index (χ3v) is 11.5. The summed E-state index contributed by atoms with van der Waals surface area (Å²) in [5.41, 5.74) is 2.76. The molecule has 1 saturated carbocycles. The van der Waals surface area contributed by atoms with Crippen LogP contribution < -0.4 is 26.0 Å². The van der Waals surface area contributed by atoms with Crippen LogP contribution in [0.3, 0.4) is 0 Å². The van der Waals surface area contributed by atoms with Gasteiger partial charge in [-0.25, -0.2) is 19.9 Å². The smallest absolute Gasteiger partial charge is 0.270 e. The highest BCUT2D eigenvalue weighted by molar-refractivity contribution is 6.23. The van der Waals surface area contributed by atoms with Crippen LogP contribution in [0.4, 0.5) is 5.82 Å². The van der Waals surface area contributed by atoms with E-state index in [9.17, 15) is 33.6 Å². The monoisotopic (exact) mass is 865 g/mol. The van der Waals surface area contributed by atoms with Gasteiger partial charge in [-0.05, 0) is 69.4 Å². The number of fused-ring (bicyclic) bond motifs is 2. The van der Waals surface area contributed by atoms with Crippen LogP contribution in [-0.2, 0) is 28.7 Å². The van der Waals surface area contributed by atoms with E-state index >= 15 is 0 Å². The van der Waals surface area contributed by atoms with Gasteiger partial charge in [-0.3, -0.25) is 43.8 Å². The largest absolute Gasteiger partial charge is 0.484 e. The van der Waals surface area contributed by atoms with Crippen molar-refractivity contribution in [3.63, 3.8) is 0 Å². The van der Waals surface area contributed by atoms with E-state index in [0.717, 1.165) is 41.9 Å². The Morgan fingerprint density at radius 3 is 2.46 bits per heavy atom. The fourth-order valence-electron chi connectivity index (χ4n) is 8.03. The molecule has 63 heavy (non-hydrogen) atoms. The van der Waals surface area contributed by atoms with Gasteiger partial charge in [0.15, 0.2) is 18.1 Å². The number of nitrogens with one attached hydrogen (secondary N) is 4. The molecule has 1 atom stereocenters. The first kappa shape index (κ1) is 42.8. The van der Waals surface area contributed by atoms with Crippen LogP contribution in [0.5, 0.6) is 5.75 Å². The molecule has 1 aromatic carbocycles. The summed E-state index contributed by atoms with van der Waals surface area (Å²) in [6.45, 7) is 3.34. The standard InChI is InChI=1S/C42H47N11O10/c1-24-3-2-4-31(47-24)39(57)49-26-17-27(18-26)52-23-46-36-37(44-22-45-38(36)52)48-25-9-12-51(13-10-25)35(56)21-62-16-15-61-14-11-43-34(55)20-63-28-5-6-29-30(19-28)42(60)53(41(29)59)32-7-8-33(54)50-40(32)58/h2-6,19,22-23,25-27,32H,7-18,20-21H2,1H3,(H,43,55)(H,49,57)(H,44,45,48)(H,50,54,58)/t26?,27?,32-/m0/s1. The molecule has 4 aromatic rings. The predicted octanol–water partition coefficient (Wildman–Crippen LogP) is 0.696. The van der Waals surface area contributed by atoms with Gasteiger partial charge in [0.05, 0.1) is 37.3 Å². The number of likely N-dealkylation sites (tertiary alicyclic amines) is 1. The van der Waals surface area contributed by atoms with Crippen molar-refractivity contribution >= 4 is 58.3 Å². The summed E-state index contributed by atoms with van der Waals surface area (Å²) in [4.78, 5) is 108. The van der Waals surface area contributed by atoms with Gasteiger partial charge in [0.25, 0.3) is 23.6 Å². The lowest BCUT2D eigenvalue weighted by molar-refractivity contribution is -0.138. The first-order valence-corrected chi connectivity index (χ1v) is 20.9. The molecule has 2 saturated heterocycles. The van der Waals surface area contributed by atoms with Crippen LogP contribution in [0, 0.1) is 6.92 Å². The molecule has 7 amide bonds. The summed E-state index contributed by atoms with van der Waals surface area (Å²) in [5, 5.41) is 11.4. The van der Waals surface area contributed by atoms with Crippen LogP contribution in [0.2, 0.25) is 0 Å². The van der Waals surface area contributed by atoms with Crippen molar-refractivity contribution in [3.05, 3.63) is 71.6 Å². The lowest BCUT2D eigenvalue weighted by Crippen LogP contribution is -2.54. The molecule has 3 aromatic heterocycles. The summed E-state index contributed by atoms with van der Waals surface area (Å²) in [5.74, 6) is -2.36. The highest BCUT2D eigenvalue weighted by Crippen LogP contribution is 2.35. The third kappa shape index (κ3) is 9.78. The molecule has 330 valence electrons. The summed E-state index contributed by atoms with van der Waals surface area (Å²) in [6, 6.07) is 8.79. The Morgan fingerprint density at radius 1 is 0.873 bits per heavy atom. The van der Waals surface area contributed by atoms with Gasteiger partial charge in [0, 0.05) is 49.9 Å². The minimum atomic E-state index is -1.08. The number of anilines is 1. The third-order valence-electron chi connectivity index (χ3n) is 11.5. The summed E-state index contributed by atoms with van der Waals surface area (Å²) in [6.07, 6.45) is 6.31. The number of carbonyl (C=O) groups excluding carboxylic acids is 7. The van der Waals surface area contributed by atoms with E-state index < -0.39 is 35.6 Å². The predicted molar refractivity (Wildman–Crippen MR) is 220 cm³/mol. The Balaban J connectivity index is 0.675. The fourth-order valence-corrected chi connectivity index (χ4v) is 8.03. The van der Waals surface area contributed by atoms with Crippen LogP contribution in [0.25, 0.3) is 11.2 Å². The lowest BCUT2D eigenvalue weighted by Gasteiger charge is -2.36. The Morgan fingerprint density at radius 2 is 1.67 bits per heavy atom. The van der Waals surface area contributed by atoms with Crippen LogP contribution in [0.15, 0.2) is 49.1 Å². The summed E-state index contributed by atoms with van der Waals surface area (Å²) in [7, 11) is 0. The lowest BCUT2D eigenvalue weighted by atomic mass is 9.86. The summed E-state index contributed by atoms with van der Waals surface area (Å²) >= 11 is 0. The molecular weight excluding hydrogens is 819 g/mol. The maximum absolute atomic E-state index is 13.0. The average Bonchev–Trinajstić information content (AvgIpc) is 3.80. The molecule has 6 heterocycles. The number of benzene rings is 1. The molecule has 4 aliphatic rings. The van der Waals surface area contributed by atoms with Gasteiger partial charge in [-0.2, -0.15) is 0 Å².